The lowest BCUT2D eigenvalue weighted by atomic mass is 10.1. The number of aliphatic hydroxyl groups excluding tert-OH is 1. The van der Waals surface area contributed by atoms with Crippen LogP contribution in [-0.2, 0) is 0 Å². The summed E-state index contributed by atoms with van der Waals surface area (Å²) in [7, 11) is 2.09. The smallest absolute Gasteiger partial charge is 0.0597 e. The summed E-state index contributed by atoms with van der Waals surface area (Å²) < 4.78 is 0. The van der Waals surface area contributed by atoms with Crippen LogP contribution in [0.4, 0.5) is 0 Å². The molecular weight excluding hydrogens is 128 g/mol. The van der Waals surface area contributed by atoms with E-state index in [1.165, 1.54) is 0 Å². The maximum atomic E-state index is 8.81. The van der Waals surface area contributed by atoms with Crippen LogP contribution in [0, 0.1) is 0 Å². The molecule has 1 heterocycles. The number of rotatable bonds is 1. The van der Waals surface area contributed by atoms with Gasteiger partial charge in [-0.3, -0.25) is 0 Å². The summed E-state index contributed by atoms with van der Waals surface area (Å²) in [6.07, 6.45) is 0. The van der Waals surface area contributed by atoms with E-state index >= 15 is 0 Å². The molecule has 1 saturated heterocycles. The quantitative estimate of drug-likeness (QED) is 0.509. The Labute approximate surface area is 62.0 Å². The fourth-order valence-electron chi connectivity index (χ4n) is 1.21. The number of nitrogens with one attached hydrogen (secondary N) is 1. The van der Waals surface area contributed by atoms with Gasteiger partial charge in [0.15, 0.2) is 0 Å². The van der Waals surface area contributed by atoms with Gasteiger partial charge >= 0.3 is 0 Å². The highest BCUT2D eigenvalue weighted by Crippen LogP contribution is 2.01. The molecule has 0 radical (unpaired) electrons. The number of nitrogens with zero attached hydrogens (tertiary/aromatic N) is 1. The van der Waals surface area contributed by atoms with Crippen LogP contribution < -0.4 is 5.32 Å². The summed E-state index contributed by atoms with van der Waals surface area (Å²) in [6, 6.07) is 0.879. The Hall–Kier alpha value is -0.120. The molecule has 2 unspecified atom stereocenters. The van der Waals surface area contributed by atoms with Crippen LogP contribution >= 0.6 is 0 Å². The fourth-order valence-corrected chi connectivity index (χ4v) is 1.21. The molecule has 0 saturated carbocycles. The standard InChI is InChI=1S/C7H16N2O/c1-6-3-8-7(5-10)4-9(6)2/h6-8,10H,3-5H2,1-2H3. The molecule has 0 aromatic carbocycles. The Morgan fingerprint density at radius 3 is 2.90 bits per heavy atom. The Kier molecular flexibility index (Phi) is 2.65. The van der Waals surface area contributed by atoms with Crippen LogP contribution in [0.3, 0.4) is 0 Å². The number of hydrogen-bond donors (Lipinski definition) is 2. The van der Waals surface area contributed by atoms with Crippen LogP contribution in [0.15, 0.2) is 0 Å². The van der Waals surface area contributed by atoms with E-state index in [0.717, 1.165) is 13.1 Å². The summed E-state index contributed by atoms with van der Waals surface area (Å²) in [5, 5.41) is 12.1. The minimum atomic E-state index is 0.247. The van der Waals surface area contributed by atoms with Crippen molar-refractivity contribution >= 4 is 0 Å². The van der Waals surface area contributed by atoms with Crippen molar-refractivity contribution in [2.45, 2.75) is 19.0 Å². The monoisotopic (exact) mass is 144 g/mol. The molecule has 2 N–H and O–H groups in total. The third-order valence-electron chi connectivity index (χ3n) is 2.18. The second-order valence-electron chi connectivity index (χ2n) is 3.08. The van der Waals surface area contributed by atoms with Gasteiger partial charge in [0.2, 0.25) is 0 Å². The molecule has 0 bridgehead atoms. The molecule has 0 amide bonds. The van der Waals surface area contributed by atoms with Gasteiger partial charge in [-0.15, -0.1) is 0 Å². The number of piperazine rings is 1. The van der Waals surface area contributed by atoms with Crippen LogP contribution in [0.2, 0.25) is 0 Å². The van der Waals surface area contributed by atoms with E-state index in [0.29, 0.717) is 6.04 Å². The van der Waals surface area contributed by atoms with Crippen molar-refractivity contribution in [2.24, 2.45) is 0 Å². The van der Waals surface area contributed by atoms with Crippen molar-refractivity contribution < 1.29 is 5.11 Å². The average Bonchev–Trinajstić information content (AvgIpc) is 1.95. The Balaban J connectivity index is 2.33. The average molecular weight is 144 g/mol. The van der Waals surface area contributed by atoms with Crippen molar-refractivity contribution in [2.75, 3.05) is 26.7 Å². The third-order valence-corrected chi connectivity index (χ3v) is 2.18. The molecule has 1 fully saturated rings. The number of hydrogen-bond acceptors (Lipinski definition) is 3. The van der Waals surface area contributed by atoms with Crippen LogP contribution in [0.25, 0.3) is 0 Å². The molecule has 3 heteroatoms. The van der Waals surface area contributed by atoms with E-state index in [1.807, 2.05) is 0 Å². The van der Waals surface area contributed by atoms with E-state index in [4.69, 9.17) is 5.11 Å². The first kappa shape index (κ1) is 7.98. The lowest BCUT2D eigenvalue weighted by Gasteiger charge is -2.35. The molecule has 0 aromatic heterocycles. The van der Waals surface area contributed by atoms with Crippen LogP contribution in [0.5, 0.6) is 0 Å². The van der Waals surface area contributed by atoms with E-state index in [2.05, 4.69) is 24.2 Å². The zero-order valence-corrected chi connectivity index (χ0v) is 6.67. The van der Waals surface area contributed by atoms with Gasteiger partial charge in [-0.05, 0) is 14.0 Å². The van der Waals surface area contributed by atoms with Crippen LogP contribution in [-0.4, -0.2) is 48.8 Å². The van der Waals surface area contributed by atoms with Crippen molar-refractivity contribution in [1.82, 2.24) is 10.2 Å². The molecule has 0 aromatic rings. The van der Waals surface area contributed by atoms with Gasteiger partial charge in [-0.25, -0.2) is 0 Å². The predicted molar refractivity (Wildman–Crippen MR) is 41.0 cm³/mol. The third kappa shape index (κ3) is 1.68. The SMILES string of the molecule is CC1CNC(CO)CN1C. The van der Waals surface area contributed by atoms with Crippen LogP contribution in [0.1, 0.15) is 6.92 Å². The highest BCUT2D eigenvalue weighted by atomic mass is 16.3. The van der Waals surface area contributed by atoms with Crippen molar-refractivity contribution in [3.05, 3.63) is 0 Å². The Morgan fingerprint density at radius 1 is 1.70 bits per heavy atom. The van der Waals surface area contributed by atoms with Gasteiger partial charge in [-0.1, -0.05) is 0 Å². The number of likely N-dealkylation sites (N-methyl/N-ethyl adjacent to an activating group) is 1. The molecule has 0 aliphatic carbocycles. The lowest BCUT2D eigenvalue weighted by molar-refractivity contribution is 0.132. The maximum absolute atomic E-state index is 8.81. The van der Waals surface area contributed by atoms with Gasteiger partial charge in [-0.2, -0.15) is 0 Å². The number of aliphatic hydroxyl groups is 1. The molecule has 2 atom stereocenters. The molecule has 60 valence electrons. The van der Waals surface area contributed by atoms with Gasteiger partial charge in [0, 0.05) is 25.2 Å². The largest absolute Gasteiger partial charge is 0.395 e. The normalized spacial score (nSPS) is 36.3. The summed E-state index contributed by atoms with van der Waals surface area (Å²) >= 11 is 0. The zero-order chi connectivity index (χ0) is 7.56. The van der Waals surface area contributed by atoms with Gasteiger partial charge in [0.25, 0.3) is 0 Å². The van der Waals surface area contributed by atoms with Crippen molar-refractivity contribution in [1.29, 1.82) is 0 Å². The first-order valence-corrected chi connectivity index (χ1v) is 3.78. The minimum absolute atomic E-state index is 0.247. The fraction of sp³-hybridized carbons (Fsp3) is 1.00. The van der Waals surface area contributed by atoms with Gasteiger partial charge in [0.05, 0.1) is 6.61 Å². The van der Waals surface area contributed by atoms with E-state index in [-0.39, 0.29) is 12.6 Å². The minimum Gasteiger partial charge on any atom is -0.395 e. The first-order chi connectivity index (χ1) is 4.74. The predicted octanol–water partition coefficient (Wildman–Crippen LogP) is -0.729. The molecule has 3 nitrogen and oxygen atoms in total. The van der Waals surface area contributed by atoms with Gasteiger partial charge < -0.3 is 15.3 Å². The molecule has 1 rings (SSSR count). The molecular formula is C7H16N2O. The highest BCUT2D eigenvalue weighted by molar-refractivity contribution is 4.80. The maximum Gasteiger partial charge on any atom is 0.0597 e. The van der Waals surface area contributed by atoms with E-state index < -0.39 is 0 Å². The summed E-state index contributed by atoms with van der Waals surface area (Å²) in [4.78, 5) is 2.26. The van der Waals surface area contributed by atoms with E-state index in [9.17, 15) is 0 Å². The molecule has 1 aliphatic heterocycles. The lowest BCUT2D eigenvalue weighted by Crippen LogP contribution is -2.55. The topological polar surface area (TPSA) is 35.5 Å². The molecule has 10 heavy (non-hydrogen) atoms. The second kappa shape index (κ2) is 3.32. The zero-order valence-electron chi connectivity index (χ0n) is 6.67. The highest BCUT2D eigenvalue weighted by Gasteiger charge is 2.20. The summed E-state index contributed by atoms with van der Waals surface area (Å²) in [5.74, 6) is 0. The molecule has 0 spiro atoms. The summed E-state index contributed by atoms with van der Waals surface area (Å²) in [6.45, 7) is 4.37. The molecule has 1 aliphatic rings. The summed E-state index contributed by atoms with van der Waals surface area (Å²) in [5.41, 5.74) is 0. The van der Waals surface area contributed by atoms with Gasteiger partial charge in [0.1, 0.15) is 0 Å². The van der Waals surface area contributed by atoms with Crippen molar-refractivity contribution in [3.8, 4) is 0 Å². The van der Waals surface area contributed by atoms with Crippen molar-refractivity contribution in [3.63, 3.8) is 0 Å². The second-order valence-corrected chi connectivity index (χ2v) is 3.08. The first-order valence-electron chi connectivity index (χ1n) is 3.78. The van der Waals surface area contributed by atoms with E-state index in [1.54, 1.807) is 0 Å². The Bertz CT molecular complexity index is 108. The Morgan fingerprint density at radius 2 is 2.40 bits per heavy atom.